The van der Waals surface area contributed by atoms with Gasteiger partial charge >= 0.3 is 0 Å². The number of piperazine rings is 1. The molecule has 7 nitrogen and oxygen atoms in total. The van der Waals surface area contributed by atoms with Crippen molar-refractivity contribution in [2.45, 2.75) is 48.0 Å². The Kier molecular flexibility index (Phi) is 8.38. The summed E-state index contributed by atoms with van der Waals surface area (Å²) in [6.45, 7) is 15.3. The molecule has 1 aromatic carbocycles. The summed E-state index contributed by atoms with van der Waals surface area (Å²) in [6.07, 6.45) is 0.509. The largest absolute Gasteiger partial charge is 0.490 e. The van der Waals surface area contributed by atoms with Crippen LogP contribution < -0.4 is 14.2 Å². The Morgan fingerprint density at radius 1 is 0.833 bits per heavy atom. The quantitative estimate of drug-likeness (QED) is 0.643. The highest BCUT2D eigenvalue weighted by molar-refractivity contribution is 5.96. The van der Waals surface area contributed by atoms with Gasteiger partial charge in [0.15, 0.2) is 11.5 Å². The molecule has 0 N–H and O–H groups in total. The Bertz CT molecular complexity index is 707. The summed E-state index contributed by atoms with van der Waals surface area (Å²) in [6, 6.07) is 3.44. The lowest BCUT2D eigenvalue weighted by Gasteiger charge is -2.36. The summed E-state index contributed by atoms with van der Waals surface area (Å²) in [7, 11) is 0. The second-order valence-electron chi connectivity index (χ2n) is 8.51. The predicted octanol–water partition coefficient (Wildman–Crippen LogP) is 3.60. The average molecular weight is 421 g/mol. The summed E-state index contributed by atoms with van der Waals surface area (Å²) in [5.41, 5.74) is 0.456. The Morgan fingerprint density at radius 3 is 1.73 bits per heavy atom. The van der Waals surface area contributed by atoms with Gasteiger partial charge in [0.1, 0.15) is 0 Å². The zero-order valence-electron chi connectivity index (χ0n) is 19.2. The zero-order chi connectivity index (χ0) is 22.3. The molecule has 1 aliphatic rings. The first-order valence-corrected chi connectivity index (χ1v) is 10.8. The Labute approximate surface area is 180 Å². The van der Waals surface area contributed by atoms with Crippen LogP contribution in [0.4, 0.5) is 0 Å². The highest BCUT2D eigenvalue weighted by Crippen LogP contribution is 2.39. The lowest BCUT2D eigenvalue weighted by molar-refractivity contribution is -0.134. The van der Waals surface area contributed by atoms with Crippen LogP contribution >= 0.6 is 0 Å². The molecular formula is C23H36N2O5. The van der Waals surface area contributed by atoms with Gasteiger partial charge in [0.05, 0.1) is 19.8 Å². The fourth-order valence-corrected chi connectivity index (χ4v) is 3.42. The molecule has 168 valence electrons. The van der Waals surface area contributed by atoms with E-state index in [4.69, 9.17) is 14.2 Å². The maximum Gasteiger partial charge on any atom is 0.254 e. The molecule has 0 aromatic heterocycles. The minimum atomic E-state index is -0.0946. The van der Waals surface area contributed by atoms with Gasteiger partial charge in [0.25, 0.3) is 5.91 Å². The van der Waals surface area contributed by atoms with E-state index in [9.17, 15) is 9.59 Å². The van der Waals surface area contributed by atoms with Crippen molar-refractivity contribution in [3.05, 3.63) is 17.7 Å². The van der Waals surface area contributed by atoms with Crippen LogP contribution in [0.1, 0.15) is 58.3 Å². The van der Waals surface area contributed by atoms with Gasteiger partial charge in [0.2, 0.25) is 11.7 Å². The monoisotopic (exact) mass is 420 g/mol. The molecule has 7 heteroatoms. The van der Waals surface area contributed by atoms with E-state index in [1.165, 1.54) is 0 Å². The molecule has 0 radical (unpaired) electrons. The van der Waals surface area contributed by atoms with Crippen molar-refractivity contribution in [1.82, 2.24) is 9.80 Å². The molecule has 2 rings (SSSR count). The highest BCUT2D eigenvalue weighted by Gasteiger charge is 2.28. The van der Waals surface area contributed by atoms with E-state index in [1.807, 2.05) is 25.7 Å². The number of rotatable bonds is 8. The molecular weight excluding hydrogens is 384 g/mol. The first-order valence-electron chi connectivity index (χ1n) is 10.8. The fraction of sp³-hybridized carbons (Fsp3) is 0.652. The summed E-state index contributed by atoms with van der Waals surface area (Å²) < 4.78 is 17.2. The van der Waals surface area contributed by atoms with Crippen molar-refractivity contribution < 1.29 is 23.8 Å². The van der Waals surface area contributed by atoms with Crippen molar-refractivity contribution in [2.75, 3.05) is 46.0 Å². The van der Waals surface area contributed by atoms with Crippen LogP contribution in [0.5, 0.6) is 17.2 Å². The van der Waals surface area contributed by atoms with E-state index < -0.39 is 0 Å². The second-order valence-corrected chi connectivity index (χ2v) is 8.51. The van der Waals surface area contributed by atoms with E-state index >= 15 is 0 Å². The molecule has 0 aliphatic carbocycles. The summed E-state index contributed by atoms with van der Waals surface area (Å²) in [5.74, 6) is 1.59. The minimum absolute atomic E-state index is 0.0439. The lowest BCUT2D eigenvalue weighted by atomic mass is 9.91. The number of carbonyl (C=O) groups is 2. The number of hydrogen-bond donors (Lipinski definition) is 0. The molecule has 1 saturated heterocycles. The van der Waals surface area contributed by atoms with Gasteiger partial charge in [-0.2, -0.15) is 0 Å². The van der Waals surface area contributed by atoms with Crippen LogP contribution in [0, 0.1) is 5.41 Å². The number of benzene rings is 1. The maximum atomic E-state index is 13.2. The predicted molar refractivity (Wildman–Crippen MR) is 117 cm³/mol. The topological polar surface area (TPSA) is 68.3 Å². The third-order valence-electron chi connectivity index (χ3n) is 4.76. The molecule has 2 amide bonds. The molecule has 0 saturated carbocycles. The van der Waals surface area contributed by atoms with Gasteiger partial charge in [-0.1, -0.05) is 20.8 Å². The van der Waals surface area contributed by atoms with Crippen LogP contribution in [-0.4, -0.2) is 67.6 Å². The van der Waals surface area contributed by atoms with Crippen molar-refractivity contribution >= 4 is 11.8 Å². The first kappa shape index (κ1) is 23.8. The lowest BCUT2D eigenvalue weighted by Crippen LogP contribution is -2.51. The summed E-state index contributed by atoms with van der Waals surface area (Å²) in [5, 5.41) is 0. The Balaban J connectivity index is 2.16. The molecule has 1 aliphatic heterocycles. The van der Waals surface area contributed by atoms with Crippen LogP contribution in [0.15, 0.2) is 12.1 Å². The SMILES string of the molecule is CCOc1cc(C(=O)N2CCN(C(=O)CC(C)(C)C)CC2)cc(OCC)c1OCC. The number of carbonyl (C=O) groups excluding carboxylic acids is 2. The number of amides is 2. The fourth-order valence-electron chi connectivity index (χ4n) is 3.42. The Morgan fingerprint density at radius 2 is 1.30 bits per heavy atom. The molecule has 1 fully saturated rings. The molecule has 1 aromatic rings. The summed E-state index contributed by atoms with van der Waals surface area (Å²) in [4.78, 5) is 29.3. The number of hydrogen-bond acceptors (Lipinski definition) is 5. The zero-order valence-corrected chi connectivity index (χ0v) is 19.2. The highest BCUT2D eigenvalue weighted by atomic mass is 16.5. The van der Waals surface area contributed by atoms with Gasteiger partial charge in [0, 0.05) is 38.2 Å². The van der Waals surface area contributed by atoms with Crippen LogP contribution in [0.3, 0.4) is 0 Å². The summed E-state index contributed by atoms with van der Waals surface area (Å²) >= 11 is 0. The molecule has 30 heavy (non-hydrogen) atoms. The van der Waals surface area contributed by atoms with Crippen LogP contribution in [-0.2, 0) is 4.79 Å². The molecule has 0 bridgehead atoms. The third-order valence-corrected chi connectivity index (χ3v) is 4.76. The smallest absolute Gasteiger partial charge is 0.254 e. The van der Waals surface area contributed by atoms with Crippen molar-refractivity contribution in [1.29, 1.82) is 0 Å². The first-order chi connectivity index (χ1) is 14.2. The van der Waals surface area contributed by atoms with Crippen LogP contribution in [0.25, 0.3) is 0 Å². The van der Waals surface area contributed by atoms with E-state index in [0.717, 1.165) is 0 Å². The maximum absolute atomic E-state index is 13.2. The molecule has 0 unspecified atom stereocenters. The van der Waals surface area contributed by atoms with Crippen molar-refractivity contribution in [3.8, 4) is 17.2 Å². The van der Waals surface area contributed by atoms with E-state index in [0.29, 0.717) is 75.2 Å². The normalized spacial score (nSPS) is 14.5. The van der Waals surface area contributed by atoms with Gasteiger partial charge in [-0.25, -0.2) is 0 Å². The van der Waals surface area contributed by atoms with E-state index in [2.05, 4.69) is 20.8 Å². The standard InChI is InChI=1S/C23H36N2O5/c1-7-28-18-14-17(15-19(29-8-2)21(18)30-9-3)22(27)25-12-10-24(11-13-25)20(26)16-23(4,5)6/h14-15H,7-13,16H2,1-6H3. The third kappa shape index (κ3) is 6.28. The number of nitrogens with zero attached hydrogens (tertiary/aromatic N) is 2. The van der Waals surface area contributed by atoms with Gasteiger partial charge in [-0.3, -0.25) is 9.59 Å². The molecule has 0 atom stereocenters. The van der Waals surface area contributed by atoms with Gasteiger partial charge < -0.3 is 24.0 Å². The average Bonchev–Trinajstić information content (AvgIpc) is 2.69. The van der Waals surface area contributed by atoms with Gasteiger partial charge in [-0.15, -0.1) is 0 Å². The molecule has 0 spiro atoms. The number of ether oxygens (including phenoxy) is 3. The van der Waals surface area contributed by atoms with E-state index in [-0.39, 0.29) is 17.2 Å². The van der Waals surface area contributed by atoms with Gasteiger partial charge in [-0.05, 0) is 38.3 Å². The Hall–Kier alpha value is -2.44. The van der Waals surface area contributed by atoms with E-state index in [1.54, 1.807) is 17.0 Å². The van der Waals surface area contributed by atoms with Crippen molar-refractivity contribution in [3.63, 3.8) is 0 Å². The minimum Gasteiger partial charge on any atom is -0.490 e. The van der Waals surface area contributed by atoms with Crippen LogP contribution in [0.2, 0.25) is 0 Å². The molecule has 1 heterocycles. The van der Waals surface area contributed by atoms with Crippen molar-refractivity contribution in [2.24, 2.45) is 5.41 Å². The second kappa shape index (κ2) is 10.5.